The van der Waals surface area contributed by atoms with E-state index in [9.17, 15) is 33.9 Å². The van der Waals surface area contributed by atoms with Crippen molar-refractivity contribution in [2.45, 2.75) is 24.5 Å². The molecule has 1 fully saturated rings. The number of fused-ring (bicyclic) bond motifs is 1. The molecular formula is C19H23N7O10P2-2. The van der Waals surface area contributed by atoms with E-state index in [-0.39, 0.29) is 17.0 Å². The molecule has 0 spiro atoms. The predicted molar refractivity (Wildman–Crippen MR) is 127 cm³/mol. The minimum absolute atomic E-state index is 0.0446. The standard InChI is InChI=1S/C19H25N7O10P2/c1-20-10-37(30,31)36-38(32,33)34-7-12-14(27)15(28)18(35-12)26-9-23-13-16(21-8-22-17(13)26)25-19(29)24-11-5-3-2-4-6-11/h2-6,8-9,12,14-15,18,20,27-28H,7,10H2,1H3,(H,30,31)(H,32,33)(H2,21,22,24,25,29)/p-2/t12-,14?,15+,18-/m1/s1. The topological polar surface area (TPSA) is 245 Å². The average molecular weight is 571 g/mol. The maximum atomic E-state index is 12.4. The average Bonchev–Trinajstić information content (AvgIpc) is 3.39. The first kappa shape index (κ1) is 28.2. The van der Waals surface area contributed by atoms with Crippen LogP contribution in [0.15, 0.2) is 43.0 Å². The molecule has 0 radical (unpaired) electrons. The molecule has 6 atom stereocenters. The highest BCUT2D eigenvalue weighted by atomic mass is 31.3. The van der Waals surface area contributed by atoms with Crippen molar-refractivity contribution in [2.24, 2.45) is 0 Å². The largest absolute Gasteiger partial charge is 0.777 e. The molecular weight excluding hydrogens is 548 g/mol. The molecule has 1 aliphatic rings. The zero-order chi connectivity index (χ0) is 27.5. The second-order valence-electron chi connectivity index (χ2n) is 7.98. The quantitative estimate of drug-likeness (QED) is 0.189. The number of amides is 2. The van der Waals surface area contributed by atoms with Gasteiger partial charge in [0.15, 0.2) is 30.8 Å². The van der Waals surface area contributed by atoms with E-state index in [1.54, 1.807) is 30.3 Å². The van der Waals surface area contributed by atoms with Crippen LogP contribution in [-0.4, -0.2) is 74.0 Å². The molecule has 19 heteroatoms. The Bertz CT molecular complexity index is 1380. The summed E-state index contributed by atoms with van der Waals surface area (Å²) in [7, 11) is -8.85. The number of nitrogens with zero attached hydrogens (tertiary/aromatic N) is 4. The van der Waals surface area contributed by atoms with Gasteiger partial charge in [-0.3, -0.25) is 18.8 Å². The van der Waals surface area contributed by atoms with Crippen molar-refractivity contribution in [3.05, 3.63) is 43.0 Å². The van der Waals surface area contributed by atoms with Gasteiger partial charge in [0.2, 0.25) is 0 Å². The molecule has 2 aromatic heterocycles. The number of aromatic nitrogens is 4. The molecule has 5 N–H and O–H groups in total. The molecule has 0 aliphatic carbocycles. The van der Waals surface area contributed by atoms with Crippen molar-refractivity contribution >= 4 is 44.1 Å². The first-order valence-electron chi connectivity index (χ1n) is 10.9. The van der Waals surface area contributed by atoms with E-state index in [1.165, 1.54) is 17.9 Å². The zero-order valence-corrected chi connectivity index (χ0v) is 21.4. The second-order valence-corrected chi connectivity index (χ2v) is 11.3. The molecule has 4 rings (SSSR count). The summed E-state index contributed by atoms with van der Waals surface area (Å²) in [5, 5.41) is 28.3. The summed E-state index contributed by atoms with van der Waals surface area (Å²) in [6.45, 7) is -0.858. The summed E-state index contributed by atoms with van der Waals surface area (Å²) in [4.78, 5) is 48.1. The van der Waals surface area contributed by atoms with Crippen molar-refractivity contribution in [3.8, 4) is 0 Å². The Balaban J connectivity index is 1.45. The Morgan fingerprint density at radius 2 is 1.87 bits per heavy atom. The van der Waals surface area contributed by atoms with Gasteiger partial charge in [-0.2, -0.15) is 0 Å². The molecule has 1 aliphatic heterocycles. The number of carbonyl (C=O) groups is 1. The lowest BCUT2D eigenvalue weighted by molar-refractivity contribution is -0.234. The molecule has 3 heterocycles. The van der Waals surface area contributed by atoms with E-state index in [1.807, 2.05) is 0 Å². The Morgan fingerprint density at radius 1 is 1.13 bits per heavy atom. The van der Waals surface area contributed by atoms with E-state index >= 15 is 0 Å². The molecule has 38 heavy (non-hydrogen) atoms. The van der Waals surface area contributed by atoms with Gasteiger partial charge in [-0.05, 0) is 19.2 Å². The summed E-state index contributed by atoms with van der Waals surface area (Å²) in [5.41, 5.74) is 0.789. The maximum Gasteiger partial charge on any atom is 0.324 e. The number of phosphoric acid groups is 1. The number of urea groups is 1. The van der Waals surface area contributed by atoms with Crippen molar-refractivity contribution < 1.29 is 47.5 Å². The molecule has 0 bridgehead atoms. The third-order valence-electron chi connectivity index (χ3n) is 5.21. The minimum Gasteiger partial charge on any atom is -0.777 e. The smallest absolute Gasteiger partial charge is 0.324 e. The SMILES string of the molecule is CNCP(=O)([O-])OP(=O)([O-])OC[C@H]1O[C@@H](n2cnc3c(NC(=O)Nc4ccccc4)ncnc32)[C@@H](O)C1O. The van der Waals surface area contributed by atoms with E-state index in [0.717, 1.165) is 6.33 Å². The second kappa shape index (κ2) is 11.5. The van der Waals surface area contributed by atoms with Crippen LogP contribution in [0.3, 0.4) is 0 Å². The van der Waals surface area contributed by atoms with E-state index < -0.39 is 58.9 Å². The number of aliphatic hydroxyl groups excluding tert-OH is 2. The van der Waals surface area contributed by atoms with Gasteiger partial charge in [0.25, 0.3) is 7.82 Å². The molecule has 2 amide bonds. The van der Waals surface area contributed by atoms with Crippen LogP contribution in [0.2, 0.25) is 0 Å². The van der Waals surface area contributed by atoms with Crippen LogP contribution in [0.5, 0.6) is 0 Å². The normalized spacial score (nSPS) is 24.6. The zero-order valence-electron chi connectivity index (χ0n) is 19.6. The summed E-state index contributed by atoms with van der Waals surface area (Å²) in [5.74, 6) is 0.0446. The van der Waals surface area contributed by atoms with Crippen molar-refractivity contribution in [2.75, 3.05) is 30.6 Å². The van der Waals surface area contributed by atoms with Gasteiger partial charge in [-0.25, -0.2) is 19.7 Å². The number of benzene rings is 1. The first-order valence-corrected chi connectivity index (χ1v) is 14.1. The summed E-state index contributed by atoms with van der Waals surface area (Å²) < 4.78 is 38.9. The van der Waals surface area contributed by atoms with Crippen LogP contribution in [0.4, 0.5) is 16.3 Å². The van der Waals surface area contributed by atoms with Crippen molar-refractivity contribution in [1.29, 1.82) is 0 Å². The lowest BCUT2D eigenvalue weighted by Gasteiger charge is -2.31. The third-order valence-corrected chi connectivity index (χ3v) is 8.17. The summed E-state index contributed by atoms with van der Waals surface area (Å²) >= 11 is 0. The summed E-state index contributed by atoms with van der Waals surface area (Å²) in [6, 6.07) is 8.06. The van der Waals surface area contributed by atoms with Crippen LogP contribution in [0.1, 0.15) is 6.23 Å². The number of para-hydroxylation sites is 1. The number of hydrogen-bond donors (Lipinski definition) is 5. The van der Waals surface area contributed by atoms with Crippen molar-refractivity contribution in [1.82, 2.24) is 24.8 Å². The molecule has 1 saturated heterocycles. The van der Waals surface area contributed by atoms with Gasteiger partial charge >= 0.3 is 6.03 Å². The lowest BCUT2D eigenvalue weighted by Crippen LogP contribution is -2.34. The number of carbonyl (C=O) groups excluding carboxylic acids is 1. The molecule has 1 aromatic carbocycles. The third kappa shape index (κ3) is 6.59. The number of imidazole rings is 1. The van der Waals surface area contributed by atoms with Gasteiger partial charge in [0.05, 0.1) is 19.2 Å². The van der Waals surface area contributed by atoms with Gasteiger partial charge in [-0.15, -0.1) is 0 Å². The number of hydrogen-bond acceptors (Lipinski definition) is 14. The van der Waals surface area contributed by atoms with Gasteiger partial charge in [-0.1, -0.05) is 18.2 Å². The van der Waals surface area contributed by atoms with E-state index in [2.05, 4.69) is 39.7 Å². The van der Waals surface area contributed by atoms with Crippen molar-refractivity contribution in [3.63, 3.8) is 0 Å². The highest BCUT2D eigenvalue weighted by Crippen LogP contribution is 2.54. The first-order chi connectivity index (χ1) is 18.0. The predicted octanol–water partition coefficient (Wildman–Crippen LogP) is -0.679. The molecule has 17 nitrogen and oxygen atoms in total. The summed E-state index contributed by atoms with van der Waals surface area (Å²) in [6.07, 6.45) is -4.33. The van der Waals surface area contributed by atoms with Gasteiger partial charge in [0, 0.05) is 5.69 Å². The Kier molecular flexibility index (Phi) is 8.54. The fraction of sp³-hybridized carbons (Fsp3) is 0.368. The number of phosphoric ester groups is 1. The molecule has 206 valence electrons. The monoisotopic (exact) mass is 571 g/mol. The number of nitrogens with one attached hydrogen (secondary N) is 3. The number of rotatable bonds is 10. The lowest BCUT2D eigenvalue weighted by atomic mass is 10.1. The van der Waals surface area contributed by atoms with Crippen LogP contribution in [-0.2, 0) is 22.7 Å². The number of anilines is 2. The Labute approximate surface area is 215 Å². The fourth-order valence-corrected chi connectivity index (χ4v) is 5.94. The molecule has 3 aromatic rings. The Morgan fingerprint density at radius 3 is 2.58 bits per heavy atom. The highest BCUT2D eigenvalue weighted by Gasteiger charge is 2.45. The molecule has 0 saturated carbocycles. The van der Waals surface area contributed by atoms with Crippen LogP contribution >= 0.6 is 15.4 Å². The fourth-order valence-electron chi connectivity index (χ4n) is 3.58. The van der Waals surface area contributed by atoms with Crippen LogP contribution < -0.4 is 25.7 Å². The van der Waals surface area contributed by atoms with Crippen LogP contribution in [0.25, 0.3) is 11.2 Å². The Hall–Kier alpha value is -2.82. The number of aliphatic hydroxyl groups is 2. The van der Waals surface area contributed by atoms with Gasteiger partial charge < -0.3 is 44.5 Å². The highest BCUT2D eigenvalue weighted by molar-refractivity contribution is 7.62. The maximum absolute atomic E-state index is 12.4. The van der Waals surface area contributed by atoms with Gasteiger partial charge in [0.1, 0.15) is 24.6 Å². The van der Waals surface area contributed by atoms with E-state index in [0.29, 0.717) is 5.69 Å². The number of ether oxygens (including phenoxy) is 1. The van der Waals surface area contributed by atoms with Crippen LogP contribution in [0, 0.1) is 0 Å². The molecule has 3 unspecified atom stereocenters. The minimum atomic E-state index is -5.33. The van der Waals surface area contributed by atoms with E-state index in [4.69, 9.17) is 4.74 Å².